The maximum absolute atomic E-state index is 12.0. The summed E-state index contributed by atoms with van der Waals surface area (Å²) in [5.41, 5.74) is 4.22. The van der Waals surface area contributed by atoms with Crippen molar-refractivity contribution < 1.29 is 9.90 Å². The summed E-state index contributed by atoms with van der Waals surface area (Å²) < 4.78 is 1.80. The van der Waals surface area contributed by atoms with E-state index < -0.39 is 6.10 Å². The van der Waals surface area contributed by atoms with E-state index in [1.165, 1.54) is 5.56 Å². The molecule has 5 heteroatoms. The highest BCUT2D eigenvalue weighted by Gasteiger charge is 2.11. The second kappa shape index (κ2) is 8.11. The molecule has 24 heavy (non-hydrogen) atoms. The van der Waals surface area contributed by atoms with Gasteiger partial charge in [-0.25, -0.2) is 0 Å². The summed E-state index contributed by atoms with van der Waals surface area (Å²) in [6.07, 6.45) is 2.17. The first-order valence-corrected chi connectivity index (χ1v) is 8.40. The van der Waals surface area contributed by atoms with Gasteiger partial charge in [0.1, 0.15) is 0 Å². The summed E-state index contributed by atoms with van der Waals surface area (Å²) in [7, 11) is 1.89. The highest BCUT2D eigenvalue weighted by atomic mass is 16.3. The Balaban J connectivity index is 1.79. The van der Waals surface area contributed by atoms with Gasteiger partial charge in [0.15, 0.2) is 0 Å². The molecule has 1 unspecified atom stereocenters. The van der Waals surface area contributed by atoms with Crippen LogP contribution in [0.4, 0.5) is 0 Å². The highest BCUT2D eigenvalue weighted by molar-refractivity contribution is 5.76. The molecular weight excluding hydrogens is 302 g/mol. The van der Waals surface area contributed by atoms with E-state index in [1.54, 1.807) is 10.9 Å². The monoisotopic (exact) mass is 329 g/mol. The number of carbonyl (C=O) groups excluding carboxylic acids is 1. The first kappa shape index (κ1) is 18.2. The van der Waals surface area contributed by atoms with E-state index in [1.807, 2.05) is 38.2 Å². The Morgan fingerprint density at radius 2 is 1.88 bits per heavy atom. The number of nitrogens with one attached hydrogen (secondary N) is 1. The zero-order chi connectivity index (χ0) is 17.7. The molecule has 0 saturated carbocycles. The molecule has 1 atom stereocenters. The molecule has 5 nitrogen and oxygen atoms in total. The third-order valence-corrected chi connectivity index (χ3v) is 4.44. The number of benzene rings is 1. The van der Waals surface area contributed by atoms with Crippen LogP contribution in [0.15, 0.2) is 30.5 Å². The molecule has 0 spiro atoms. The van der Waals surface area contributed by atoms with E-state index in [-0.39, 0.29) is 12.5 Å². The summed E-state index contributed by atoms with van der Waals surface area (Å²) in [6.45, 7) is 6.49. The zero-order valence-electron chi connectivity index (χ0n) is 14.9. The van der Waals surface area contributed by atoms with E-state index >= 15 is 0 Å². The number of aliphatic hydroxyl groups is 1. The van der Waals surface area contributed by atoms with Gasteiger partial charge < -0.3 is 10.4 Å². The molecule has 1 aromatic carbocycles. The highest BCUT2D eigenvalue weighted by Crippen LogP contribution is 2.18. The van der Waals surface area contributed by atoms with Crippen LogP contribution in [0.2, 0.25) is 0 Å². The lowest BCUT2D eigenvalue weighted by Gasteiger charge is -2.14. The SMILES string of the molecule is Cc1c(CCC(=O)NCC(O)c2ccc(C(C)C)cc2)cnn1C. The van der Waals surface area contributed by atoms with Gasteiger partial charge in [0.25, 0.3) is 0 Å². The number of hydrogen-bond donors (Lipinski definition) is 2. The Kier molecular flexibility index (Phi) is 6.15. The molecule has 2 aromatic rings. The van der Waals surface area contributed by atoms with Crippen molar-refractivity contribution in [3.8, 4) is 0 Å². The standard InChI is InChI=1S/C19H27N3O2/c1-13(2)15-5-7-16(8-6-15)18(23)12-20-19(24)10-9-17-11-21-22(4)14(17)3/h5-8,11,13,18,23H,9-10,12H2,1-4H3,(H,20,24). The number of aromatic nitrogens is 2. The molecule has 0 bridgehead atoms. The third kappa shape index (κ3) is 4.68. The van der Waals surface area contributed by atoms with Crippen LogP contribution in [0, 0.1) is 6.92 Å². The number of nitrogens with zero attached hydrogens (tertiary/aromatic N) is 2. The lowest BCUT2D eigenvalue weighted by Crippen LogP contribution is -2.28. The van der Waals surface area contributed by atoms with Gasteiger partial charge in [-0.3, -0.25) is 9.48 Å². The third-order valence-electron chi connectivity index (χ3n) is 4.44. The molecule has 130 valence electrons. The van der Waals surface area contributed by atoms with Gasteiger partial charge >= 0.3 is 0 Å². The minimum absolute atomic E-state index is 0.0592. The molecule has 2 N–H and O–H groups in total. The van der Waals surface area contributed by atoms with Crippen LogP contribution in [-0.2, 0) is 18.3 Å². The fourth-order valence-electron chi connectivity index (χ4n) is 2.56. The number of rotatable bonds is 7. The number of aryl methyl sites for hydroxylation is 2. The quantitative estimate of drug-likeness (QED) is 0.820. The van der Waals surface area contributed by atoms with Crippen molar-refractivity contribution in [3.63, 3.8) is 0 Å². The summed E-state index contributed by atoms with van der Waals surface area (Å²) in [5.74, 6) is 0.405. The first-order valence-electron chi connectivity index (χ1n) is 8.40. The Morgan fingerprint density at radius 1 is 1.25 bits per heavy atom. The van der Waals surface area contributed by atoms with Crippen molar-refractivity contribution in [1.82, 2.24) is 15.1 Å². The molecule has 2 rings (SSSR count). The topological polar surface area (TPSA) is 67.2 Å². The van der Waals surface area contributed by atoms with Crippen molar-refractivity contribution in [2.24, 2.45) is 7.05 Å². The van der Waals surface area contributed by atoms with Crippen molar-refractivity contribution in [2.75, 3.05) is 6.54 Å². The van der Waals surface area contributed by atoms with Crippen LogP contribution in [0.25, 0.3) is 0 Å². The Hall–Kier alpha value is -2.14. The molecule has 1 heterocycles. The van der Waals surface area contributed by atoms with Crippen LogP contribution in [0.1, 0.15) is 54.7 Å². The Bertz CT molecular complexity index is 674. The predicted molar refractivity (Wildman–Crippen MR) is 94.8 cm³/mol. The van der Waals surface area contributed by atoms with Crippen LogP contribution < -0.4 is 5.32 Å². The normalized spacial score (nSPS) is 12.4. The van der Waals surface area contributed by atoms with Gasteiger partial charge in [0, 0.05) is 25.7 Å². The van der Waals surface area contributed by atoms with Crippen molar-refractivity contribution in [3.05, 3.63) is 52.8 Å². The lowest BCUT2D eigenvalue weighted by atomic mass is 10.00. The minimum atomic E-state index is -0.685. The van der Waals surface area contributed by atoms with Crippen LogP contribution in [0.5, 0.6) is 0 Å². The zero-order valence-corrected chi connectivity index (χ0v) is 14.9. The van der Waals surface area contributed by atoms with Gasteiger partial charge in [-0.2, -0.15) is 5.10 Å². The number of hydrogen-bond acceptors (Lipinski definition) is 3. The molecule has 1 amide bonds. The first-order chi connectivity index (χ1) is 11.4. The summed E-state index contributed by atoms with van der Waals surface area (Å²) in [6, 6.07) is 7.89. The molecule has 1 aromatic heterocycles. The van der Waals surface area contributed by atoms with E-state index in [4.69, 9.17) is 0 Å². The number of carbonyl (C=O) groups is 1. The van der Waals surface area contributed by atoms with Crippen LogP contribution in [-0.4, -0.2) is 27.3 Å². The molecule has 0 aliphatic carbocycles. The molecule has 0 saturated heterocycles. The second-order valence-corrected chi connectivity index (χ2v) is 6.52. The molecular formula is C19H27N3O2. The Labute approximate surface area is 143 Å². The average Bonchev–Trinajstić information content (AvgIpc) is 2.89. The summed E-state index contributed by atoms with van der Waals surface area (Å²) >= 11 is 0. The van der Waals surface area contributed by atoms with Crippen LogP contribution >= 0.6 is 0 Å². The smallest absolute Gasteiger partial charge is 0.220 e. The van der Waals surface area contributed by atoms with Crippen molar-refractivity contribution in [1.29, 1.82) is 0 Å². The fourth-order valence-corrected chi connectivity index (χ4v) is 2.56. The fraction of sp³-hybridized carbons (Fsp3) is 0.474. The molecule has 0 aliphatic heterocycles. The summed E-state index contributed by atoms with van der Waals surface area (Å²) in [4.78, 5) is 12.0. The lowest BCUT2D eigenvalue weighted by molar-refractivity contribution is -0.121. The van der Waals surface area contributed by atoms with E-state index in [2.05, 4.69) is 24.3 Å². The molecule has 0 fully saturated rings. The van der Waals surface area contributed by atoms with Crippen molar-refractivity contribution >= 4 is 5.91 Å². The minimum Gasteiger partial charge on any atom is -0.387 e. The van der Waals surface area contributed by atoms with E-state index in [0.717, 1.165) is 16.8 Å². The van der Waals surface area contributed by atoms with E-state index in [9.17, 15) is 9.90 Å². The van der Waals surface area contributed by atoms with E-state index in [0.29, 0.717) is 18.8 Å². The van der Waals surface area contributed by atoms with Gasteiger partial charge in [-0.05, 0) is 36.0 Å². The van der Waals surface area contributed by atoms with Crippen molar-refractivity contribution in [2.45, 2.75) is 45.6 Å². The predicted octanol–water partition coefficient (Wildman–Crippen LogP) is 2.63. The number of aliphatic hydroxyl groups excluding tert-OH is 1. The second-order valence-electron chi connectivity index (χ2n) is 6.52. The van der Waals surface area contributed by atoms with Gasteiger partial charge in [-0.15, -0.1) is 0 Å². The Morgan fingerprint density at radius 3 is 2.42 bits per heavy atom. The maximum atomic E-state index is 12.0. The average molecular weight is 329 g/mol. The summed E-state index contributed by atoms with van der Waals surface area (Å²) in [5, 5.41) is 17.2. The number of amides is 1. The molecule has 0 aliphatic rings. The van der Waals surface area contributed by atoms with Gasteiger partial charge in [0.2, 0.25) is 5.91 Å². The largest absolute Gasteiger partial charge is 0.387 e. The van der Waals surface area contributed by atoms with Gasteiger partial charge in [-0.1, -0.05) is 38.1 Å². The van der Waals surface area contributed by atoms with Crippen LogP contribution in [0.3, 0.4) is 0 Å². The van der Waals surface area contributed by atoms with Gasteiger partial charge in [0.05, 0.1) is 12.3 Å². The maximum Gasteiger partial charge on any atom is 0.220 e. The molecule has 0 radical (unpaired) electrons.